The third-order valence-electron chi connectivity index (χ3n) is 5.81. The lowest BCUT2D eigenvalue weighted by atomic mass is 10.0. The lowest BCUT2D eigenvalue weighted by Crippen LogP contribution is -2.50. The molecule has 3 rings (SSSR count). The predicted molar refractivity (Wildman–Crippen MR) is 124 cm³/mol. The van der Waals surface area contributed by atoms with Crippen LogP contribution in [0, 0.1) is 0 Å². The molecule has 0 spiro atoms. The molecule has 1 N–H and O–H groups in total. The van der Waals surface area contributed by atoms with Gasteiger partial charge in [-0.15, -0.1) is 0 Å². The van der Waals surface area contributed by atoms with Gasteiger partial charge in [-0.3, -0.25) is 4.79 Å². The molecule has 0 saturated carbocycles. The van der Waals surface area contributed by atoms with E-state index in [1.807, 2.05) is 49.4 Å². The number of nitrogens with zero attached hydrogens (tertiary/aromatic N) is 2. The Balaban J connectivity index is 1.86. The van der Waals surface area contributed by atoms with Crippen molar-refractivity contribution in [1.29, 1.82) is 0 Å². The van der Waals surface area contributed by atoms with Gasteiger partial charge in [0.25, 0.3) is 0 Å². The van der Waals surface area contributed by atoms with Crippen molar-refractivity contribution in [3.05, 3.63) is 65.7 Å². The molecule has 6 nitrogen and oxygen atoms in total. The summed E-state index contributed by atoms with van der Waals surface area (Å²) in [6.07, 6.45) is 0. The first-order valence-electron chi connectivity index (χ1n) is 10.9. The van der Waals surface area contributed by atoms with E-state index in [9.17, 15) is 13.2 Å². The average Bonchev–Trinajstić information content (AvgIpc) is 2.79. The van der Waals surface area contributed by atoms with Crippen LogP contribution in [0.2, 0.25) is 0 Å². The van der Waals surface area contributed by atoms with Gasteiger partial charge in [-0.1, -0.05) is 63.2 Å². The molecule has 1 aliphatic heterocycles. The number of carbonyl (C=O) groups is 1. The Hall–Kier alpha value is -2.22. The largest absolute Gasteiger partial charge is 0.339 e. The van der Waals surface area contributed by atoms with Gasteiger partial charge in [0, 0.05) is 32.7 Å². The lowest BCUT2D eigenvalue weighted by molar-refractivity contribution is -0.132. The normalized spacial score (nSPS) is 16.0. The molecule has 1 fully saturated rings. The molecule has 1 aliphatic rings. The zero-order valence-corrected chi connectivity index (χ0v) is 19.4. The van der Waals surface area contributed by atoms with Gasteiger partial charge in [0.1, 0.15) is 0 Å². The number of benzene rings is 2. The van der Waals surface area contributed by atoms with Crippen LogP contribution in [0.4, 0.5) is 0 Å². The zero-order chi connectivity index (χ0) is 22.4. The summed E-state index contributed by atoms with van der Waals surface area (Å²) >= 11 is 0. The highest BCUT2D eigenvalue weighted by atomic mass is 32.2. The van der Waals surface area contributed by atoms with Gasteiger partial charge >= 0.3 is 0 Å². The van der Waals surface area contributed by atoms with E-state index in [1.54, 1.807) is 17.0 Å². The molecule has 2 aromatic rings. The van der Waals surface area contributed by atoms with Gasteiger partial charge in [0.05, 0.1) is 11.4 Å². The third-order valence-corrected chi connectivity index (χ3v) is 7.64. The van der Waals surface area contributed by atoms with Crippen molar-refractivity contribution in [2.75, 3.05) is 39.3 Å². The lowest BCUT2D eigenvalue weighted by Gasteiger charge is -2.31. The van der Waals surface area contributed by atoms with E-state index in [4.69, 9.17) is 0 Å². The van der Waals surface area contributed by atoms with Gasteiger partial charge in [-0.05, 0) is 35.1 Å². The minimum Gasteiger partial charge on any atom is -0.339 e. The van der Waals surface area contributed by atoms with Crippen LogP contribution in [0.25, 0.3) is 0 Å². The van der Waals surface area contributed by atoms with Crippen molar-refractivity contribution in [3.8, 4) is 0 Å². The highest BCUT2D eigenvalue weighted by Gasteiger charge is 2.30. The molecule has 7 heteroatoms. The number of hydrogen-bond donors (Lipinski definition) is 1. The van der Waals surface area contributed by atoms with E-state index >= 15 is 0 Å². The van der Waals surface area contributed by atoms with Crippen molar-refractivity contribution in [2.24, 2.45) is 0 Å². The van der Waals surface area contributed by atoms with Crippen molar-refractivity contribution in [2.45, 2.75) is 37.5 Å². The first-order chi connectivity index (χ1) is 14.8. The van der Waals surface area contributed by atoms with E-state index in [1.165, 1.54) is 4.31 Å². The summed E-state index contributed by atoms with van der Waals surface area (Å²) < 4.78 is 28.4. The number of sulfonamides is 1. The Bertz CT molecular complexity index is 953. The first-order valence-corrected chi connectivity index (χ1v) is 12.4. The fourth-order valence-electron chi connectivity index (χ4n) is 3.78. The summed E-state index contributed by atoms with van der Waals surface area (Å²) in [5, 5.41) is 3.22. The second-order valence-electron chi connectivity index (χ2n) is 8.46. The van der Waals surface area contributed by atoms with E-state index in [-0.39, 0.29) is 29.8 Å². The van der Waals surface area contributed by atoms with Crippen LogP contribution in [0.15, 0.2) is 59.5 Å². The maximum atomic E-state index is 13.5. The molecule has 31 heavy (non-hydrogen) atoms. The fourth-order valence-corrected chi connectivity index (χ4v) is 5.26. The summed E-state index contributed by atoms with van der Waals surface area (Å²) in [5.74, 6) is 0.131. The smallest absolute Gasteiger partial charge is 0.243 e. The molecule has 0 aromatic heterocycles. The van der Waals surface area contributed by atoms with Crippen LogP contribution in [0.3, 0.4) is 0 Å². The third kappa shape index (κ3) is 5.93. The maximum absolute atomic E-state index is 13.5. The van der Waals surface area contributed by atoms with Gasteiger partial charge in [-0.25, -0.2) is 8.42 Å². The Labute approximate surface area is 186 Å². The zero-order valence-electron chi connectivity index (χ0n) is 18.6. The molecule has 0 unspecified atom stereocenters. The highest BCUT2D eigenvalue weighted by Crippen LogP contribution is 2.24. The van der Waals surface area contributed by atoms with Crippen LogP contribution < -0.4 is 5.32 Å². The minimum atomic E-state index is -3.81. The van der Waals surface area contributed by atoms with Gasteiger partial charge in [-0.2, -0.15) is 4.31 Å². The van der Waals surface area contributed by atoms with Crippen molar-refractivity contribution >= 4 is 15.9 Å². The van der Waals surface area contributed by atoms with Gasteiger partial charge < -0.3 is 10.2 Å². The molecular formula is C24H33N3O3S. The molecule has 2 aromatic carbocycles. The van der Waals surface area contributed by atoms with E-state index in [0.717, 1.165) is 24.2 Å². The Morgan fingerprint density at radius 3 is 2.16 bits per heavy atom. The van der Waals surface area contributed by atoms with Gasteiger partial charge in [0.2, 0.25) is 15.9 Å². The molecule has 0 aliphatic carbocycles. The van der Waals surface area contributed by atoms with E-state index in [0.29, 0.717) is 19.0 Å². The summed E-state index contributed by atoms with van der Waals surface area (Å²) in [5.41, 5.74) is 2.13. The summed E-state index contributed by atoms with van der Waals surface area (Å²) in [7, 11) is -3.81. The standard InChI is InChI=1S/C24H33N3O3S/c1-19(2)21-9-11-23(12-10-21)31(29,30)27(17-20(3)22-7-5-4-6-8-22)18-24(28)26-15-13-25-14-16-26/h4-12,19-20,25H,13-18H2,1-3H3/t20-/m0/s1. The molecule has 1 heterocycles. The van der Waals surface area contributed by atoms with Crippen LogP contribution in [0.5, 0.6) is 0 Å². The molecular weight excluding hydrogens is 410 g/mol. The van der Waals surface area contributed by atoms with Crippen LogP contribution in [0.1, 0.15) is 43.7 Å². The predicted octanol–water partition coefficient (Wildman–Crippen LogP) is 3.04. The molecule has 168 valence electrons. The molecule has 1 atom stereocenters. The number of piperazine rings is 1. The van der Waals surface area contributed by atoms with Crippen molar-refractivity contribution in [1.82, 2.24) is 14.5 Å². The number of rotatable bonds is 8. The number of nitrogens with one attached hydrogen (secondary N) is 1. The number of amides is 1. The topological polar surface area (TPSA) is 69.7 Å². The second kappa shape index (κ2) is 10.4. The molecule has 1 amide bonds. The second-order valence-corrected chi connectivity index (χ2v) is 10.4. The summed E-state index contributed by atoms with van der Waals surface area (Å²) in [6, 6.07) is 16.8. The molecule has 0 radical (unpaired) electrons. The van der Waals surface area contributed by atoms with Gasteiger partial charge in [0.15, 0.2) is 0 Å². The first kappa shape index (κ1) is 23.4. The fraction of sp³-hybridized carbons (Fsp3) is 0.458. The Kier molecular flexibility index (Phi) is 7.86. The SMILES string of the molecule is CC(C)c1ccc(S(=O)(=O)N(CC(=O)N2CCNCC2)C[C@H](C)c2ccccc2)cc1. The van der Waals surface area contributed by atoms with E-state index in [2.05, 4.69) is 19.2 Å². The van der Waals surface area contributed by atoms with Crippen LogP contribution in [-0.4, -0.2) is 62.8 Å². The molecule has 0 bridgehead atoms. The van der Waals surface area contributed by atoms with E-state index < -0.39 is 10.0 Å². The number of carbonyl (C=O) groups excluding carboxylic acids is 1. The van der Waals surface area contributed by atoms with Crippen LogP contribution >= 0.6 is 0 Å². The quantitative estimate of drug-likeness (QED) is 0.681. The molecule has 1 saturated heterocycles. The van der Waals surface area contributed by atoms with Crippen LogP contribution in [-0.2, 0) is 14.8 Å². The monoisotopic (exact) mass is 443 g/mol. The highest BCUT2D eigenvalue weighted by molar-refractivity contribution is 7.89. The maximum Gasteiger partial charge on any atom is 0.243 e. The summed E-state index contributed by atoms with van der Waals surface area (Å²) in [4.78, 5) is 14.9. The Morgan fingerprint density at radius 1 is 0.968 bits per heavy atom. The van der Waals surface area contributed by atoms with Crippen molar-refractivity contribution in [3.63, 3.8) is 0 Å². The summed E-state index contributed by atoms with van der Waals surface area (Å²) in [6.45, 7) is 8.91. The number of hydrogen-bond acceptors (Lipinski definition) is 4. The Morgan fingerprint density at radius 2 is 1.58 bits per heavy atom. The minimum absolute atomic E-state index is 0.0401. The average molecular weight is 444 g/mol. The van der Waals surface area contributed by atoms with Crippen molar-refractivity contribution < 1.29 is 13.2 Å².